The Balaban J connectivity index is 1.52. The van der Waals surface area contributed by atoms with E-state index in [2.05, 4.69) is 98.7 Å². The number of rotatable bonds is 12. The Morgan fingerprint density at radius 2 is 0.836 bits per heavy atom. The number of hydrogen-bond acceptors (Lipinski definition) is 5. The lowest BCUT2D eigenvalue weighted by molar-refractivity contribution is 0.385. The SMILES string of the molecule is Cc1ccccc1OP(Oc1ccccc1C)Oc1c(C)c(C)cc(C)c1-c1c(C)cc(C)c(C)c1OP(Oc1ccccc1C(C)(C)C)c1ccccc1. The van der Waals surface area contributed by atoms with Gasteiger partial charge in [0.05, 0.1) is 5.30 Å². The predicted molar refractivity (Wildman–Crippen MR) is 231 cm³/mol. The van der Waals surface area contributed by atoms with Crippen LogP contribution in [0.2, 0.25) is 0 Å². The third-order valence-electron chi connectivity index (χ3n) is 9.94. The standard InChI is InChI=1S/C48H52O5P2/c1-31-21-15-18-26-41(31)50-55(51-42-27-19-16-22-32(42)2)53-47-38(8)34(4)30-36(6)45(47)44-35(5)29-33(3)37(7)46(44)52-54(39-23-13-12-14-24-39)49-43-28-20-17-25-40(43)48(9,10)11/h12-30H,1-11H3. The number of aryl methyl sites for hydroxylation is 6. The Morgan fingerprint density at radius 3 is 1.33 bits per heavy atom. The molecule has 6 aromatic rings. The third kappa shape index (κ3) is 9.02. The number of para-hydroxylation sites is 3. The van der Waals surface area contributed by atoms with E-state index >= 15 is 0 Å². The Morgan fingerprint density at radius 1 is 0.400 bits per heavy atom. The zero-order valence-corrected chi connectivity index (χ0v) is 35.7. The molecule has 5 nitrogen and oxygen atoms in total. The molecule has 0 N–H and O–H groups in total. The molecule has 55 heavy (non-hydrogen) atoms. The van der Waals surface area contributed by atoms with Gasteiger partial charge >= 0.3 is 17.0 Å². The molecule has 0 aliphatic rings. The monoisotopic (exact) mass is 770 g/mol. The molecule has 0 bridgehead atoms. The van der Waals surface area contributed by atoms with Gasteiger partial charge in [0.25, 0.3) is 0 Å². The molecule has 0 radical (unpaired) electrons. The van der Waals surface area contributed by atoms with Gasteiger partial charge in [-0.05, 0) is 141 Å². The van der Waals surface area contributed by atoms with E-state index in [4.69, 9.17) is 22.6 Å². The molecule has 7 heteroatoms. The van der Waals surface area contributed by atoms with Crippen molar-refractivity contribution in [3.8, 4) is 39.9 Å². The molecule has 0 aromatic heterocycles. The fourth-order valence-electron chi connectivity index (χ4n) is 6.57. The van der Waals surface area contributed by atoms with Gasteiger partial charge in [-0.15, -0.1) is 0 Å². The normalized spacial score (nSPS) is 12.0. The molecule has 1 unspecified atom stereocenters. The highest BCUT2D eigenvalue weighted by molar-refractivity contribution is 7.56. The van der Waals surface area contributed by atoms with Crippen LogP contribution in [0.3, 0.4) is 0 Å². The van der Waals surface area contributed by atoms with Gasteiger partial charge in [0.2, 0.25) is 0 Å². The first-order valence-electron chi connectivity index (χ1n) is 18.7. The van der Waals surface area contributed by atoms with E-state index in [0.29, 0.717) is 17.2 Å². The highest BCUT2D eigenvalue weighted by atomic mass is 31.2. The molecule has 0 fully saturated rings. The first-order valence-corrected chi connectivity index (χ1v) is 21.0. The summed E-state index contributed by atoms with van der Waals surface area (Å²) in [5.74, 6) is 3.69. The number of benzene rings is 6. The maximum Gasteiger partial charge on any atom is 0.530 e. The molecule has 6 rings (SSSR count). The van der Waals surface area contributed by atoms with Gasteiger partial charge in [0.1, 0.15) is 28.7 Å². The molecule has 0 amide bonds. The fraction of sp³-hybridized carbons (Fsp3) is 0.250. The first kappa shape index (κ1) is 39.9. The molecule has 0 heterocycles. The van der Waals surface area contributed by atoms with E-state index in [-0.39, 0.29) is 5.41 Å². The van der Waals surface area contributed by atoms with Crippen LogP contribution < -0.4 is 27.9 Å². The van der Waals surface area contributed by atoms with Crippen LogP contribution in [0.15, 0.2) is 115 Å². The van der Waals surface area contributed by atoms with Crippen molar-refractivity contribution in [2.24, 2.45) is 0 Å². The molecule has 1 atom stereocenters. The van der Waals surface area contributed by atoms with Crippen LogP contribution in [0.4, 0.5) is 0 Å². The zero-order valence-electron chi connectivity index (χ0n) is 33.9. The topological polar surface area (TPSA) is 46.2 Å². The van der Waals surface area contributed by atoms with E-state index < -0.39 is 17.0 Å². The van der Waals surface area contributed by atoms with Crippen molar-refractivity contribution in [2.45, 2.75) is 81.6 Å². The second kappa shape index (κ2) is 16.9. The van der Waals surface area contributed by atoms with Gasteiger partial charge in [-0.3, -0.25) is 0 Å². The van der Waals surface area contributed by atoms with Crippen LogP contribution in [0.5, 0.6) is 28.7 Å². The van der Waals surface area contributed by atoms with E-state index in [1.165, 1.54) is 0 Å². The van der Waals surface area contributed by atoms with Crippen LogP contribution in [-0.2, 0) is 5.41 Å². The maximum absolute atomic E-state index is 7.29. The van der Waals surface area contributed by atoms with Gasteiger partial charge in [0, 0.05) is 11.1 Å². The fourth-order valence-corrected chi connectivity index (χ4v) is 9.19. The highest BCUT2D eigenvalue weighted by Crippen LogP contribution is 2.54. The van der Waals surface area contributed by atoms with Crippen molar-refractivity contribution >= 4 is 22.3 Å². The largest absolute Gasteiger partial charge is 0.530 e. The Bertz CT molecular complexity index is 2250. The Hall–Kier alpha value is -4.82. The molecule has 0 saturated carbocycles. The van der Waals surface area contributed by atoms with Crippen molar-refractivity contribution in [3.63, 3.8) is 0 Å². The molecule has 0 aliphatic heterocycles. The molecular weight excluding hydrogens is 718 g/mol. The van der Waals surface area contributed by atoms with Gasteiger partial charge in [-0.2, -0.15) is 0 Å². The first-order chi connectivity index (χ1) is 26.2. The third-order valence-corrected chi connectivity index (χ3v) is 12.4. The average molecular weight is 771 g/mol. The maximum atomic E-state index is 7.29. The summed E-state index contributed by atoms with van der Waals surface area (Å²) in [6.07, 6.45) is 0. The van der Waals surface area contributed by atoms with Crippen molar-refractivity contribution < 1.29 is 22.6 Å². The van der Waals surface area contributed by atoms with Gasteiger partial charge in [0.15, 0.2) is 0 Å². The summed E-state index contributed by atoms with van der Waals surface area (Å²) in [7, 11) is -3.59. The van der Waals surface area contributed by atoms with Crippen molar-refractivity contribution in [1.29, 1.82) is 0 Å². The minimum absolute atomic E-state index is 0.128. The molecule has 0 spiro atoms. The molecule has 6 aromatic carbocycles. The van der Waals surface area contributed by atoms with Crippen molar-refractivity contribution in [3.05, 3.63) is 165 Å². The minimum Gasteiger partial charge on any atom is -0.435 e. The summed E-state index contributed by atoms with van der Waals surface area (Å²) in [5.41, 5.74) is 11.3. The smallest absolute Gasteiger partial charge is 0.435 e. The second-order valence-corrected chi connectivity index (χ2v) is 17.6. The van der Waals surface area contributed by atoms with Crippen molar-refractivity contribution in [1.82, 2.24) is 0 Å². The summed E-state index contributed by atoms with van der Waals surface area (Å²) in [6.45, 7) is 23.4. The van der Waals surface area contributed by atoms with E-state index in [1.807, 2.05) is 92.7 Å². The average Bonchev–Trinajstić information content (AvgIpc) is 3.15. The van der Waals surface area contributed by atoms with Crippen LogP contribution in [0.1, 0.15) is 70.8 Å². The molecule has 0 aliphatic carbocycles. The van der Waals surface area contributed by atoms with E-state index in [1.54, 1.807) is 0 Å². The van der Waals surface area contributed by atoms with Crippen LogP contribution >= 0.6 is 17.0 Å². The Labute approximate surface area is 330 Å². The molecule has 0 saturated heterocycles. The summed E-state index contributed by atoms with van der Waals surface area (Å²) >= 11 is 0. The summed E-state index contributed by atoms with van der Waals surface area (Å²) < 4.78 is 34.6. The lowest BCUT2D eigenvalue weighted by Gasteiger charge is -2.28. The molecular formula is C48H52O5P2. The summed E-state index contributed by atoms with van der Waals surface area (Å²) in [5, 5.41) is 0.973. The highest BCUT2D eigenvalue weighted by Gasteiger charge is 2.31. The van der Waals surface area contributed by atoms with E-state index in [9.17, 15) is 0 Å². The van der Waals surface area contributed by atoms with Gasteiger partial charge in [-0.1, -0.05) is 106 Å². The van der Waals surface area contributed by atoms with Gasteiger partial charge < -0.3 is 22.6 Å². The van der Waals surface area contributed by atoms with Crippen LogP contribution in [-0.4, -0.2) is 0 Å². The van der Waals surface area contributed by atoms with Gasteiger partial charge in [-0.25, -0.2) is 0 Å². The van der Waals surface area contributed by atoms with Crippen molar-refractivity contribution in [2.75, 3.05) is 0 Å². The quantitative estimate of drug-likeness (QED) is 0.116. The van der Waals surface area contributed by atoms with Crippen LogP contribution in [0.25, 0.3) is 11.1 Å². The number of hydrogen-bond donors (Lipinski definition) is 0. The second-order valence-electron chi connectivity index (χ2n) is 15.2. The lowest BCUT2D eigenvalue weighted by Crippen LogP contribution is -2.16. The molecule has 284 valence electrons. The summed E-state index contributed by atoms with van der Waals surface area (Å²) in [6, 6.07) is 38.9. The zero-order chi connectivity index (χ0) is 39.4. The Kier molecular flexibility index (Phi) is 12.3. The predicted octanol–water partition coefficient (Wildman–Crippen LogP) is 14.0. The lowest BCUT2D eigenvalue weighted by atomic mass is 9.86. The van der Waals surface area contributed by atoms with E-state index in [0.717, 1.165) is 78.0 Å². The van der Waals surface area contributed by atoms with Crippen LogP contribution in [0, 0.1) is 55.4 Å². The minimum atomic E-state index is -1.97. The summed E-state index contributed by atoms with van der Waals surface area (Å²) in [4.78, 5) is 0.